The van der Waals surface area contributed by atoms with Crippen molar-refractivity contribution in [1.82, 2.24) is 24.6 Å². The van der Waals surface area contributed by atoms with E-state index in [1.807, 2.05) is 30.3 Å². The van der Waals surface area contributed by atoms with Gasteiger partial charge >= 0.3 is 0 Å². The minimum Gasteiger partial charge on any atom is -0.323 e. The molecule has 0 fully saturated rings. The summed E-state index contributed by atoms with van der Waals surface area (Å²) in [6, 6.07) is 18.2. The maximum Gasteiger partial charge on any atom is 0.262 e. The van der Waals surface area contributed by atoms with Crippen molar-refractivity contribution in [2.75, 3.05) is 5.32 Å². The maximum atomic E-state index is 13.3. The van der Waals surface area contributed by atoms with Crippen molar-refractivity contribution in [3.63, 3.8) is 0 Å². The van der Waals surface area contributed by atoms with Gasteiger partial charge in [0.15, 0.2) is 0 Å². The van der Waals surface area contributed by atoms with Crippen LogP contribution in [0.15, 0.2) is 85.6 Å². The van der Waals surface area contributed by atoms with Crippen molar-refractivity contribution in [2.45, 2.75) is 12.5 Å². The predicted octanol–water partition coefficient (Wildman–Crippen LogP) is 2.51. The van der Waals surface area contributed by atoms with Crippen molar-refractivity contribution >= 4 is 23.4 Å². The van der Waals surface area contributed by atoms with Gasteiger partial charge in [0.05, 0.1) is 23.0 Å². The van der Waals surface area contributed by atoms with Crippen molar-refractivity contribution < 1.29 is 14.4 Å². The summed E-state index contributed by atoms with van der Waals surface area (Å²) in [5.41, 5.74) is 1.86. The summed E-state index contributed by atoms with van der Waals surface area (Å²) in [6.07, 6.45) is 4.71. The number of imide groups is 1. The number of aromatic nitrogens is 4. The van der Waals surface area contributed by atoms with E-state index in [0.29, 0.717) is 22.6 Å². The SMILES string of the molecule is O=C(Nc1ccc(-n2cnnc2)nc1)C(Cc1ccccc1)N1C(=O)c2ccccc2C1=O. The van der Waals surface area contributed by atoms with Crippen molar-refractivity contribution in [1.29, 1.82) is 0 Å². The lowest BCUT2D eigenvalue weighted by atomic mass is 10.0. The van der Waals surface area contributed by atoms with E-state index >= 15 is 0 Å². The van der Waals surface area contributed by atoms with E-state index in [1.165, 1.54) is 18.9 Å². The molecule has 0 spiro atoms. The van der Waals surface area contributed by atoms with E-state index < -0.39 is 23.8 Å². The molecule has 3 heterocycles. The van der Waals surface area contributed by atoms with Gasteiger partial charge in [-0.1, -0.05) is 42.5 Å². The number of anilines is 1. The second-order valence-electron chi connectivity index (χ2n) is 7.49. The monoisotopic (exact) mass is 438 g/mol. The van der Waals surface area contributed by atoms with Gasteiger partial charge in [-0.05, 0) is 29.8 Å². The number of amides is 3. The van der Waals surface area contributed by atoms with E-state index in [0.717, 1.165) is 10.5 Å². The zero-order valence-electron chi connectivity index (χ0n) is 17.3. The van der Waals surface area contributed by atoms with Crippen molar-refractivity contribution in [3.8, 4) is 5.82 Å². The number of hydrogen-bond donors (Lipinski definition) is 1. The molecular formula is C24H18N6O3. The molecule has 1 atom stereocenters. The minimum atomic E-state index is -1.03. The lowest BCUT2D eigenvalue weighted by molar-refractivity contribution is -0.119. The summed E-state index contributed by atoms with van der Waals surface area (Å²) >= 11 is 0. The maximum absolute atomic E-state index is 13.3. The van der Waals surface area contributed by atoms with Crippen molar-refractivity contribution in [2.24, 2.45) is 0 Å². The quantitative estimate of drug-likeness (QED) is 0.463. The molecule has 1 unspecified atom stereocenters. The van der Waals surface area contributed by atoms with Gasteiger partial charge in [-0.2, -0.15) is 0 Å². The summed E-state index contributed by atoms with van der Waals surface area (Å²) < 4.78 is 1.63. The molecule has 162 valence electrons. The Labute approximate surface area is 188 Å². The summed E-state index contributed by atoms with van der Waals surface area (Å²) in [5.74, 6) is -0.855. The predicted molar refractivity (Wildman–Crippen MR) is 119 cm³/mol. The van der Waals surface area contributed by atoms with Gasteiger partial charge in [-0.25, -0.2) is 4.98 Å². The molecule has 2 aromatic heterocycles. The summed E-state index contributed by atoms with van der Waals surface area (Å²) in [7, 11) is 0. The number of nitrogens with one attached hydrogen (secondary N) is 1. The second kappa shape index (κ2) is 8.46. The third-order valence-corrected chi connectivity index (χ3v) is 5.41. The first kappa shape index (κ1) is 20.3. The number of fused-ring (bicyclic) bond motifs is 1. The molecule has 1 N–H and O–H groups in total. The third kappa shape index (κ3) is 3.87. The Morgan fingerprint density at radius 1 is 0.848 bits per heavy atom. The summed E-state index contributed by atoms with van der Waals surface area (Å²) in [5, 5.41) is 10.3. The van der Waals surface area contributed by atoms with Crippen molar-refractivity contribution in [3.05, 3.63) is 102 Å². The van der Waals surface area contributed by atoms with E-state index in [-0.39, 0.29) is 6.42 Å². The highest BCUT2D eigenvalue weighted by atomic mass is 16.2. The minimum absolute atomic E-state index is 0.185. The first-order chi connectivity index (χ1) is 16.1. The van der Waals surface area contributed by atoms with Crippen LogP contribution in [0.1, 0.15) is 26.3 Å². The molecule has 1 aliphatic heterocycles. The smallest absolute Gasteiger partial charge is 0.262 e. The average molecular weight is 438 g/mol. The zero-order valence-corrected chi connectivity index (χ0v) is 17.3. The van der Waals surface area contributed by atoms with Crippen LogP contribution >= 0.6 is 0 Å². The molecular weight excluding hydrogens is 420 g/mol. The van der Waals surface area contributed by atoms with Crippen LogP contribution in [0.3, 0.4) is 0 Å². The van der Waals surface area contributed by atoms with Crippen LogP contribution in [0.2, 0.25) is 0 Å². The molecule has 9 nitrogen and oxygen atoms in total. The highest BCUT2D eigenvalue weighted by Crippen LogP contribution is 2.26. The molecule has 0 bridgehead atoms. The van der Waals surface area contributed by atoms with E-state index in [1.54, 1.807) is 41.0 Å². The Hall–Kier alpha value is -4.66. The molecule has 0 saturated heterocycles. The Kier molecular flexibility index (Phi) is 5.19. The van der Waals surface area contributed by atoms with Gasteiger partial charge in [0, 0.05) is 6.42 Å². The van der Waals surface area contributed by atoms with Gasteiger partial charge in [0.2, 0.25) is 5.91 Å². The van der Waals surface area contributed by atoms with Gasteiger partial charge in [-0.15, -0.1) is 10.2 Å². The fraction of sp³-hybridized carbons (Fsp3) is 0.0833. The van der Waals surface area contributed by atoms with Crippen LogP contribution in [-0.4, -0.2) is 48.4 Å². The number of pyridine rings is 1. The fourth-order valence-electron chi connectivity index (χ4n) is 3.79. The topological polar surface area (TPSA) is 110 Å². The molecule has 0 saturated carbocycles. The van der Waals surface area contributed by atoms with Gasteiger partial charge < -0.3 is 5.32 Å². The van der Waals surface area contributed by atoms with E-state index in [9.17, 15) is 14.4 Å². The van der Waals surface area contributed by atoms with Crippen LogP contribution in [0.4, 0.5) is 5.69 Å². The van der Waals surface area contributed by atoms with Crippen LogP contribution in [0.5, 0.6) is 0 Å². The van der Waals surface area contributed by atoms with E-state index in [2.05, 4.69) is 20.5 Å². The average Bonchev–Trinajstić information content (AvgIpc) is 3.47. The van der Waals surface area contributed by atoms with Crippen LogP contribution in [0.25, 0.3) is 5.82 Å². The summed E-state index contributed by atoms with van der Waals surface area (Å²) in [6.45, 7) is 0. The fourth-order valence-corrected chi connectivity index (χ4v) is 3.79. The normalized spacial score (nSPS) is 13.6. The molecule has 2 aromatic carbocycles. The lowest BCUT2D eigenvalue weighted by Gasteiger charge is -2.25. The highest BCUT2D eigenvalue weighted by Gasteiger charge is 2.42. The molecule has 4 aromatic rings. The highest BCUT2D eigenvalue weighted by molar-refractivity contribution is 6.23. The Bertz CT molecular complexity index is 1290. The number of hydrogen-bond acceptors (Lipinski definition) is 6. The largest absolute Gasteiger partial charge is 0.323 e. The number of carbonyl (C=O) groups is 3. The number of nitrogens with zero attached hydrogens (tertiary/aromatic N) is 5. The van der Waals surface area contributed by atoms with Gasteiger partial charge in [-0.3, -0.25) is 23.9 Å². The number of benzene rings is 2. The third-order valence-electron chi connectivity index (χ3n) is 5.41. The number of carbonyl (C=O) groups excluding carboxylic acids is 3. The molecule has 0 radical (unpaired) electrons. The zero-order chi connectivity index (χ0) is 22.8. The molecule has 3 amide bonds. The van der Waals surface area contributed by atoms with Gasteiger partial charge in [0.1, 0.15) is 24.5 Å². The first-order valence-corrected chi connectivity index (χ1v) is 10.2. The molecule has 33 heavy (non-hydrogen) atoms. The lowest BCUT2D eigenvalue weighted by Crippen LogP contribution is -2.48. The molecule has 5 rings (SSSR count). The molecule has 1 aliphatic rings. The Balaban J connectivity index is 1.43. The van der Waals surface area contributed by atoms with Gasteiger partial charge in [0.25, 0.3) is 11.8 Å². The second-order valence-corrected chi connectivity index (χ2v) is 7.49. The standard InChI is InChI=1S/C24H18N6O3/c31-22(28-17-10-11-21(25-13-17)29-14-26-27-15-29)20(12-16-6-2-1-3-7-16)30-23(32)18-8-4-5-9-19(18)24(30)33/h1-11,13-15,20H,12H2,(H,28,31). The molecule has 9 heteroatoms. The summed E-state index contributed by atoms with van der Waals surface area (Å²) in [4.78, 5) is 44.8. The van der Waals surface area contributed by atoms with Crippen LogP contribution < -0.4 is 5.32 Å². The Morgan fingerprint density at radius 3 is 2.09 bits per heavy atom. The van der Waals surface area contributed by atoms with Crippen LogP contribution in [-0.2, 0) is 11.2 Å². The number of rotatable bonds is 6. The molecule has 0 aliphatic carbocycles. The van der Waals surface area contributed by atoms with Crippen LogP contribution in [0, 0.1) is 0 Å². The first-order valence-electron chi connectivity index (χ1n) is 10.2. The Morgan fingerprint density at radius 2 is 1.48 bits per heavy atom. The van der Waals surface area contributed by atoms with E-state index in [4.69, 9.17) is 0 Å².